The van der Waals surface area contributed by atoms with E-state index in [4.69, 9.17) is 9.47 Å². The fourth-order valence-corrected chi connectivity index (χ4v) is 5.66. The summed E-state index contributed by atoms with van der Waals surface area (Å²) in [6.07, 6.45) is -0.0376. The van der Waals surface area contributed by atoms with E-state index in [0.717, 1.165) is 14.6 Å². The van der Waals surface area contributed by atoms with Gasteiger partial charge in [-0.1, -0.05) is 23.9 Å². The minimum Gasteiger partial charge on any atom is -0.462 e. The maximum atomic E-state index is 12.8. The molecule has 0 N–H and O–H groups in total. The number of carbonyl (C=O) groups is 3. The average molecular weight is 391 g/mol. The van der Waals surface area contributed by atoms with Crippen molar-refractivity contribution in [3.05, 3.63) is 24.3 Å². The van der Waals surface area contributed by atoms with Crippen LogP contribution in [0.3, 0.4) is 0 Å². The Labute approximate surface area is 158 Å². The largest absolute Gasteiger partial charge is 0.462 e. The molecule has 1 spiro atoms. The topological polar surface area (TPSA) is 82.6 Å². The van der Waals surface area contributed by atoms with Gasteiger partial charge in [0.05, 0.1) is 16.0 Å². The van der Waals surface area contributed by atoms with E-state index in [0.29, 0.717) is 0 Å². The van der Waals surface area contributed by atoms with Crippen molar-refractivity contribution in [1.29, 1.82) is 0 Å². The molecule has 2 saturated heterocycles. The van der Waals surface area contributed by atoms with Gasteiger partial charge < -0.3 is 9.47 Å². The van der Waals surface area contributed by atoms with Crippen molar-refractivity contribution in [3.8, 4) is 0 Å². The number of nitrogens with zero attached hydrogens (tertiary/aromatic N) is 1. The van der Waals surface area contributed by atoms with Crippen LogP contribution < -0.4 is 0 Å². The number of fused-ring (bicyclic) bond motifs is 1. The molecule has 0 unspecified atom stereocenters. The number of hydrogen-bond donors (Lipinski definition) is 0. The molecule has 1 aromatic heterocycles. The molecular formula is C18H17NO5S2. The number of aromatic nitrogens is 1. The highest BCUT2D eigenvalue weighted by Gasteiger charge is 2.65. The maximum absolute atomic E-state index is 12.8. The Bertz CT molecular complexity index is 892. The molecule has 2 aromatic rings. The normalized spacial score (nSPS) is 30.8. The SMILES string of the molecule is C[C@H]1C[C@@]2(C[C@@](C)(C(=O)CSc3nc4ccccc4s3)OC2=O)C(=O)O1. The molecule has 8 heteroatoms. The van der Waals surface area contributed by atoms with Crippen molar-refractivity contribution in [2.75, 3.05) is 5.75 Å². The summed E-state index contributed by atoms with van der Waals surface area (Å²) in [5.41, 5.74) is -1.73. The summed E-state index contributed by atoms with van der Waals surface area (Å²) in [7, 11) is 0. The monoisotopic (exact) mass is 391 g/mol. The van der Waals surface area contributed by atoms with E-state index in [2.05, 4.69) is 4.98 Å². The number of carbonyl (C=O) groups excluding carboxylic acids is 3. The number of ketones is 1. The molecule has 26 heavy (non-hydrogen) atoms. The second kappa shape index (κ2) is 6.06. The minimum absolute atomic E-state index is 0.0429. The Hall–Kier alpha value is -1.93. The van der Waals surface area contributed by atoms with Crippen LogP contribution in [0.4, 0.5) is 0 Å². The molecule has 2 aliphatic heterocycles. The van der Waals surface area contributed by atoms with Crippen LogP contribution in [0.5, 0.6) is 0 Å². The zero-order valence-electron chi connectivity index (χ0n) is 14.3. The summed E-state index contributed by atoms with van der Waals surface area (Å²) in [6, 6.07) is 7.77. The van der Waals surface area contributed by atoms with Crippen molar-refractivity contribution in [3.63, 3.8) is 0 Å². The van der Waals surface area contributed by atoms with Crippen LogP contribution in [0.15, 0.2) is 28.6 Å². The molecule has 1 aromatic carbocycles. The standard InChI is InChI=1S/C18H17NO5S2/c1-10-7-18(14(21)23-10)9-17(2,24-15(18)22)13(20)8-25-16-19-11-5-3-4-6-12(11)26-16/h3-6,10H,7-9H2,1-2H3/t10-,17-,18+/m0/s1. The van der Waals surface area contributed by atoms with Crippen molar-refractivity contribution in [1.82, 2.24) is 4.98 Å². The maximum Gasteiger partial charge on any atom is 0.324 e. The quantitative estimate of drug-likeness (QED) is 0.450. The molecule has 2 fully saturated rings. The number of ether oxygens (including phenoxy) is 2. The van der Waals surface area contributed by atoms with Crippen molar-refractivity contribution in [2.45, 2.75) is 42.7 Å². The number of para-hydroxylation sites is 1. The summed E-state index contributed by atoms with van der Waals surface area (Å²) >= 11 is 2.84. The molecule has 4 rings (SSSR count). The van der Waals surface area contributed by atoms with E-state index in [1.54, 1.807) is 13.8 Å². The van der Waals surface area contributed by atoms with Crippen LogP contribution >= 0.6 is 23.1 Å². The van der Waals surface area contributed by atoms with Gasteiger partial charge in [-0.2, -0.15) is 0 Å². The van der Waals surface area contributed by atoms with Gasteiger partial charge in [0.1, 0.15) is 6.10 Å². The zero-order chi connectivity index (χ0) is 18.5. The summed E-state index contributed by atoms with van der Waals surface area (Å²) in [5.74, 6) is -1.32. The minimum atomic E-state index is -1.33. The number of Topliss-reactive ketones (excluding diaryl/α,β-unsaturated/α-hetero) is 1. The third-order valence-corrected chi connectivity index (χ3v) is 7.05. The average Bonchev–Trinajstić information content (AvgIpc) is 3.20. The van der Waals surface area contributed by atoms with Crippen LogP contribution in [0.1, 0.15) is 26.7 Å². The lowest BCUT2D eigenvalue weighted by Crippen LogP contribution is -2.37. The summed E-state index contributed by atoms with van der Waals surface area (Å²) in [6.45, 7) is 3.32. The second-order valence-corrected chi connectivity index (χ2v) is 9.21. The number of thioether (sulfide) groups is 1. The van der Waals surface area contributed by atoms with Crippen LogP contribution in [0.25, 0.3) is 10.2 Å². The predicted octanol–water partition coefficient (Wildman–Crippen LogP) is 2.98. The molecule has 2 aliphatic rings. The van der Waals surface area contributed by atoms with Crippen molar-refractivity contribution >= 4 is 51.0 Å². The number of esters is 2. The van der Waals surface area contributed by atoms with E-state index < -0.39 is 23.0 Å². The van der Waals surface area contributed by atoms with Gasteiger partial charge >= 0.3 is 11.9 Å². The number of cyclic esters (lactones) is 2. The molecule has 136 valence electrons. The first kappa shape index (κ1) is 17.5. The van der Waals surface area contributed by atoms with E-state index in [1.165, 1.54) is 23.1 Å². The van der Waals surface area contributed by atoms with Gasteiger partial charge in [-0.3, -0.25) is 14.4 Å². The Morgan fingerprint density at radius 3 is 2.81 bits per heavy atom. The Morgan fingerprint density at radius 1 is 1.35 bits per heavy atom. The second-order valence-electron chi connectivity index (χ2n) is 6.96. The molecule has 0 saturated carbocycles. The fourth-order valence-electron chi connectivity index (χ4n) is 3.56. The highest BCUT2D eigenvalue weighted by atomic mass is 32.2. The molecule has 3 atom stereocenters. The third-order valence-electron chi connectivity index (χ3n) is 4.87. The van der Waals surface area contributed by atoms with E-state index >= 15 is 0 Å². The smallest absolute Gasteiger partial charge is 0.324 e. The highest BCUT2D eigenvalue weighted by Crippen LogP contribution is 2.49. The van der Waals surface area contributed by atoms with Crippen LogP contribution in [0, 0.1) is 5.41 Å². The molecule has 0 radical (unpaired) electrons. The van der Waals surface area contributed by atoms with E-state index in [9.17, 15) is 14.4 Å². The molecule has 3 heterocycles. The Balaban J connectivity index is 1.47. The first-order chi connectivity index (χ1) is 12.3. The van der Waals surface area contributed by atoms with Crippen LogP contribution in [-0.4, -0.2) is 40.2 Å². The number of thiazole rings is 1. The Kier molecular flexibility index (Phi) is 4.07. The van der Waals surface area contributed by atoms with Gasteiger partial charge in [0.25, 0.3) is 0 Å². The lowest BCUT2D eigenvalue weighted by molar-refractivity contribution is -0.162. The van der Waals surface area contributed by atoms with Gasteiger partial charge in [-0.05, 0) is 26.0 Å². The van der Waals surface area contributed by atoms with Gasteiger partial charge in [0, 0.05) is 12.8 Å². The first-order valence-corrected chi connectivity index (χ1v) is 10.1. The fraction of sp³-hybridized carbons (Fsp3) is 0.444. The van der Waals surface area contributed by atoms with Crippen LogP contribution in [0.2, 0.25) is 0 Å². The van der Waals surface area contributed by atoms with E-state index in [-0.39, 0.29) is 30.5 Å². The number of hydrogen-bond acceptors (Lipinski definition) is 8. The predicted molar refractivity (Wildman–Crippen MR) is 97.1 cm³/mol. The van der Waals surface area contributed by atoms with Crippen LogP contribution in [-0.2, 0) is 23.9 Å². The molecule has 0 aliphatic carbocycles. The molecule has 0 amide bonds. The highest BCUT2D eigenvalue weighted by molar-refractivity contribution is 8.01. The van der Waals surface area contributed by atoms with Gasteiger partial charge in [-0.25, -0.2) is 4.98 Å². The summed E-state index contributed by atoms with van der Waals surface area (Å²) in [4.78, 5) is 41.8. The lowest BCUT2D eigenvalue weighted by atomic mass is 9.77. The number of benzene rings is 1. The first-order valence-electron chi connectivity index (χ1n) is 8.29. The Morgan fingerprint density at radius 2 is 2.12 bits per heavy atom. The zero-order valence-corrected chi connectivity index (χ0v) is 15.9. The molecule has 6 nitrogen and oxygen atoms in total. The molecule has 0 bridgehead atoms. The molecular weight excluding hydrogens is 374 g/mol. The lowest BCUT2D eigenvalue weighted by Gasteiger charge is -2.20. The summed E-state index contributed by atoms with van der Waals surface area (Å²) < 4.78 is 12.4. The van der Waals surface area contributed by atoms with Crippen molar-refractivity contribution in [2.24, 2.45) is 5.41 Å². The summed E-state index contributed by atoms with van der Waals surface area (Å²) in [5, 5.41) is 0. The van der Waals surface area contributed by atoms with E-state index in [1.807, 2.05) is 24.3 Å². The van der Waals surface area contributed by atoms with Gasteiger partial charge in [-0.15, -0.1) is 11.3 Å². The van der Waals surface area contributed by atoms with Gasteiger partial charge in [0.2, 0.25) is 0 Å². The van der Waals surface area contributed by atoms with Crippen molar-refractivity contribution < 1.29 is 23.9 Å². The number of rotatable bonds is 4. The van der Waals surface area contributed by atoms with Gasteiger partial charge in [0.15, 0.2) is 21.1 Å². The third kappa shape index (κ3) is 2.72.